The van der Waals surface area contributed by atoms with Gasteiger partial charge in [-0.1, -0.05) is 0 Å². The van der Waals surface area contributed by atoms with E-state index >= 15 is 0 Å². The second-order valence-electron chi connectivity index (χ2n) is 4.98. The first kappa shape index (κ1) is 15.5. The van der Waals surface area contributed by atoms with Crippen molar-refractivity contribution in [2.45, 2.75) is 6.10 Å². The van der Waals surface area contributed by atoms with E-state index in [4.69, 9.17) is 18.9 Å². The van der Waals surface area contributed by atoms with Gasteiger partial charge in [-0.15, -0.1) is 0 Å². The Balaban J connectivity index is 1.90. The molecule has 1 aromatic heterocycles. The minimum atomic E-state index is -1.61. The maximum absolute atomic E-state index is 9.31. The zero-order valence-corrected chi connectivity index (χ0v) is 12.7. The third-order valence-corrected chi connectivity index (χ3v) is 3.55. The molecule has 23 heavy (non-hydrogen) atoms. The number of ether oxygens (including phenoxy) is 4. The monoisotopic (exact) mass is 317 g/mol. The van der Waals surface area contributed by atoms with E-state index in [9.17, 15) is 10.0 Å². The van der Waals surface area contributed by atoms with E-state index in [2.05, 4.69) is 4.98 Å². The van der Waals surface area contributed by atoms with Crippen LogP contribution in [-0.2, 0) is 0 Å². The van der Waals surface area contributed by atoms with Crippen LogP contribution < -0.4 is 24.4 Å². The Kier molecular flexibility index (Phi) is 4.27. The highest BCUT2D eigenvalue weighted by Gasteiger charge is 2.28. The molecule has 2 N–H and O–H groups in total. The van der Waals surface area contributed by atoms with Gasteiger partial charge in [-0.05, 0) is 23.7 Å². The standard InChI is InChI=1S/C15H16BNO6/c1-20-11-5-10(16(18)19)6-12-15(11)23-13(8-22-12)9-3-4-14(21-2)17-7-9/h3-7,13,18-19H,8H2,1-2H3. The van der Waals surface area contributed by atoms with Gasteiger partial charge in [-0.2, -0.15) is 0 Å². The Bertz CT molecular complexity index is 674. The molecule has 1 unspecified atom stereocenters. The Morgan fingerprint density at radius 3 is 2.65 bits per heavy atom. The highest BCUT2D eigenvalue weighted by atomic mass is 16.6. The van der Waals surface area contributed by atoms with Crippen LogP contribution in [-0.4, -0.2) is 43.0 Å². The fourth-order valence-electron chi connectivity index (χ4n) is 2.33. The quantitative estimate of drug-likeness (QED) is 0.783. The minimum Gasteiger partial charge on any atom is -0.493 e. The van der Waals surface area contributed by atoms with Crippen LogP contribution in [0.2, 0.25) is 0 Å². The third-order valence-electron chi connectivity index (χ3n) is 3.55. The van der Waals surface area contributed by atoms with E-state index in [1.54, 1.807) is 19.4 Å². The van der Waals surface area contributed by atoms with Crippen molar-refractivity contribution in [2.75, 3.05) is 20.8 Å². The molecule has 0 spiro atoms. The van der Waals surface area contributed by atoms with Gasteiger partial charge in [0.15, 0.2) is 17.6 Å². The summed E-state index contributed by atoms with van der Waals surface area (Å²) in [5.41, 5.74) is 1.11. The van der Waals surface area contributed by atoms with Crippen LogP contribution in [0.1, 0.15) is 11.7 Å². The first-order chi connectivity index (χ1) is 11.1. The topological polar surface area (TPSA) is 90.3 Å². The smallest absolute Gasteiger partial charge is 0.488 e. The van der Waals surface area contributed by atoms with Crippen LogP contribution in [0.3, 0.4) is 0 Å². The molecular formula is C15H16BNO6. The van der Waals surface area contributed by atoms with E-state index in [0.29, 0.717) is 23.1 Å². The molecule has 120 valence electrons. The molecule has 3 rings (SSSR count). The fraction of sp³-hybridized carbons (Fsp3) is 0.267. The summed E-state index contributed by atoms with van der Waals surface area (Å²) in [6, 6.07) is 6.62. The molecule has 1 aromatic carbocycles. The molecule has 0 aliphatic carbocycles. The number of nitrogens with zero attached hydrogens (tertiary/aromatic N) is 1. The fourth-order valence-corrected chi connectivity index (χ4v) is 2.33. The number of fused-ring (bicyclic) bond motifs is 1. The van der Waals surface area contributed by atoms with E-state index in [1.807, 2.05) is 6.07 Å². The van der Waals surface area contributed by atoms with Crippen molar-refractivity contribution in [2.24, 2.45) is 0 Å². The summed E-state index contributed by atoms with van der Waals surface area (Å²) in [6.45, 7) is 0.273. The summed E-state index contributed by atoms with van der Waals surface area (Å²) in [6.07, 6.45) is 1.32. The predicted molar refractivity (Wildman–Crippen MR) is 82.5 cm³/mol. The van der Waals surface area contributed by atoms with Crippen LogP contribution in [0.25, 0.3) is 0 Å². The van der Waals surface area contributed by atoms with Gasteiger partial charge in [0.1, 0.15) is 6.61 Å². The molecule has 2 aromatic rings. The zero-order chi connectivity index (χ0) is 16.4. The predicted octanol–water partition coefficient (Wildman–Crippen LogP) is 0.291. The second kappa shape index (κ2) is 6.35. The summed E-state index contributed by atoms with van der Waals surface area (Å²) in [5, 5.41) is 18.6. The Labute approximate surface area is 133 Å². The van der Waals surface area contributed by atoms with Crippen LogP contribution >= 0.6 is 0 Å². The average molecular weight is 317 g/mol. The SMILES string of the molecule is COc1ccc(C2COc3cc(B(O)O)cc(OC)c3O2)cn1. The van der Waals surface area contributed by atoms with Crippen molar-refractivity contribution in [3.63, 3.8) is 0 Å². The van der Waals surface area contributed by atoms with E-state index in [-0.39, 0.29) is 18.2 Å². The molecule has 1 aliphatic heterocycles. The van der Waals surface area contributed by atoms with Gasteiger partial charge in [-0.25, -0.2) is 4.98 Å². The highest BCUT2D eigenvalue weighted by Crippen LogP contribution is 2.42. The van der Waals surface area contributed by atoms with Gasteiger partial charge in [0.2, 0.25) is 11.6 Å². The minimum absolute atomic E-state index is 0.272. The molecule has 1 aliphatic rings. The lowest BCUT2D eigenvalue weighted by Crippen LogP contribution is -2.31. The summed E-state index contributed by atoms with van der Waals surface area (Å²) in [5.74, 6) is 1.72. The first-order valence-corrected chi connectivity index (χ1v) is 7.00. The Morgan fingerprint density at radius 2 is 2.04 bits per heavy atom. The lowest BCUT2D eigenvalue weighted by atomic mass is 9.80. The lowest BCUT2D eigenvalue weighted by Gasteiger charge is -2.28. The third kappa shape index (κ3) is 3.04. The van der Waals surface area contributed by atoms with Crippen molar-refractivity contribution < 1.29 is 29.0 Å². The van der Waals surface area contributed by atoms with Gasteiger partial charge >= 0.3 is 7.12 Å². The molecule has 1 atom stereocenters. The van der Waals surface area contributed by atoms with Crippen molar-refractivity contribution in [3.05, 3.63) is 36.0 Å². The molecule has 0 saturated heterocycles. The van der Waals surface area contributed by atoms with Gasteiger partial charge in [-0.3, -0.25) is 0 Å². The number of hydrogen-bond donors (Lipinski definition) is 2. The van der Waals surface area contributed by atoms with Crippen LogP contribution in [0.4, 0.5) is 0 Å². The van der Waals surface area contributed by atoms with Gasteiger partial charge in [0.25, 0.3) is 0 Å². The van der Waals surface area contributed by atoms with Gasteiger partial charge in [0.05, 0.1) is 14.2 Å². The maximum atomic E-state index is 9.31. The molecule has 0 amide bonds. The number of rotatable bonds is 4. The largest absolute Gasteiger partial charge is 0.493 e. The van der Waals surface area contributed by atoms with E-state index < -0.39 is 7.12 Å². The first-order valence-electron chi connectivity index (χ1n) is 7.00. The maximum Gasteiger partial charge on any atom is 0.488 e. The average Bonchev–Trinajstić information content (AvgIpc) is 2.60. The summed E-state index contributed by atoms with van der Waals surface area (Å²) in [4.78, 5) is 4.15. The van der Waals surface area contributed by atoms with Gasteiger partial charge < -0.3 is 29.0 Å². The summed E-state index contributed by atoms with van der Waals surface area (Å²) < 4.78 is 21.9. The molecule has 0 saturated carbocycles. The number of hydrogen-bond acceptors (Lipinski definition) is 7. The Hall–Kier alpha value is -2.45. The number of methoxy groups -OCH3 is 2. The summed E-state index contributed by atoms with van der Waals surface area (Å²) >= 11 is 0. The molecule has 2 heterocycles. The van der Waals surface area contributed by atoms with Crippen molar-refractivity contribution in [1.29, 1.82) is 0 Å². The van der Waals surface area contributed by atoms with Crippen LogP contribution in [0.15, 0.2) is 30.5 Å². The zero-order valence-electron chi connectivity index (χ0n) is 12.7. The molecular weight excluding hydrogens is 301 g/mol. The summed E-state index contributed by atoms with van der Waals surface area (Å²) in [7, 11) is 1.42. The molecule has 0 radical (unpaired) electrons. The van der Waals surface area contributed by atoms with Crippen LogP contribution in [0.5, 0.6) is 23.1 Å². The number of pyridine rings is 1. The van der Waals surface area contributed by atoms with Crippen molar-refractivity contribution in [1.82, 2.24) is 4.98 Å². The Morgan fingerprint density at radius 1 is 1.22 bits per heavy atom. The lowest BCUT2D eigenvalue weighted by molar-refractivity contribution is 0.0869. The molecule has 0 fully saturated rings. The molecule has 8 heteroatoms. The normalized spacial score (nSPS) is 15.9. The molecule has 0 bridgehead atoms. The van der Waals surface area contributed by atoms with E-state index in [0.717, 1.165) is 5.56 Å². The second-order valence-corrected chi connectivity index (χ2v) is 4.98. The van der Waals surface area contributed by atoms with Crippen molar-refractivity contribution in [3.8, 4) is 23.1 Å². The number of benzene rings is 1. The van der Waals surface area contributed by atoms with Crippen LogP contribution in [0, 0.1) is 0 Å². The molecule has 7 nitrogen and oxygen atoms in total. The van der Waals surface area contributed by atoms with Crippen molar-refractivity contribution >= 4 is 12.6 Å². The number of aromatic nitrogens is 1. The van der Waals surface area contributed by atoms with Gasteiger partial charge in [0, 0.05) is 17.8 Å². The van der Waals surface area contributed by atoms with E-state index in [1.165, 1.54) is 19.2 Å². The highest BCUT2D eigenvalue weighted by molar-refractivity contribution is 6.58.